The van der Waals surface area contributed by atoms with Crippen LogP contribution in [-0.2, 0) is 6.54 Å². The molecule has 3 rings (SSSR count). The summed E-state index contributed by atoms with van der Waals surface area (Å²) < 4.78 is 0. The monoisotopic (exact) mass is 311 g/mol. The summed E-state index contributed by atoms with van der Waals surface area (Å²) in [5, 5.41) is 9.12. The molecule has 3 aromatic rings. The average molecular weight is 311 g/mol. The van der Waals surface area contributed by atoms with Crippen LogP contribution in [0, 0.1) is 0 Å². The molecule has 1 N–H and O–H groups in total. The van der Waals surface area contributed by atoms with Crippen molar-refractivity contribution >= 4 is 17.2 Å². The lowest BCUT2D eigenvalue weighted by molar-refractivity contribution is 0.0746. The Kier molecular flexibility index (Phi) is 4.34. The second-order valence-electron chi connectivity index (χ2n) is 4.95. The van der Waals surface area contributed by atoms with E-state index in [2.05, 4.69) is 10.2 Å². The summed E-state index contributed by atoms with van der Waals surface area (Å²) in [4.78, 5) is 15.5. The first kappa shape index (κ1) is 14.5. The number of aromatic amines is 1. The first-order valence-electron chi connectivity index (χ1n) is 7.20. The van der Waals surface area contributed by atoms with Gasteiger partial charge in [-0.15, -0.1) is 11.3 Å². The van der Waals surface area contributed by atoms with Crippen LogP contribution >= 0.6 is 11.3 Å². The number of hydrogen-bond acceptors (Lipinski definition) is 3. The molecular weight excluding hydrogens is 294 g/mol. The third-order valence-electron chi connectivity index (χ3n) is 3.47. The predicted octanol–water partition coefficient (Wildman–Crippen LogP) is 3.80. The molecule has 0 unspecified atom stereocenters. The lowest BCUT2D eigenvalue weighted by Crippen LogP contribution is -2.30. The molecule has 0 radical (unpaired) electrons. The number of benzene rings is 1. The van der Waals surface area contributed by atoms with Crippen molar-refractivity contribution in [3.05, 3.63) is 65.2 Å². The van der Waals surface area contributed by atoms with E-state index in [1.54, 1.807) is 16.2 Å². The maximum absolute atomic E-state index is 12.6. The van der Waals surface area contributed by atoms with E-state index in [0.717, 1.165) is 16.1 Å². The molecule has 0 spiro atoms. The molecule has 2 heterocycles. The second kappa shape index (κ2) is 6.58. The van der Waals surface area contributed by atoms with Crippen LogP contribution in [0.1, 0.15) is 23.0 Å². The SMILES string of the molecule is CCN(Cc1ccccc1)C(=O)c1cc(-c2cccs2)[nH]n1. The standard InChI is InChI=1S/C17H17N3OS/c1-2-20(12-13-7-4-3-5-8-13)17(21)15-11-14(18-19-15)16-9-6-10-22-16/h3-11H,2,12H2,1H3,(H,18,19). The number of aromatic nitrogens is 2. The Morgan fingerprint density at radius 2 is 2.05 bits per heavy atom. The van der Waals surface area contributed by atoms with Crippen LogP contribution in [0.15, 0.2) is 53.9 Å². The van der Waals surface area contributed by atoms with Gasteiger partial charge >= 0.3 is 0 Å². The highest BCUT2D eigenvalue weighted by Crippen LogP contribution is 2.23. The Hall–Kier alpha value is -2.40. The summed E-state index contributed by atoms with van der Waals surface area (Å²) in [7, 11) is 0. The minimum absolute atomic E-state index is 0.0505. The summed E-state index contributed by atoms with van der Waals surface area (Å²) >= 11 is 1.62. The van der Waals surface area contributed by atoms with E-state index in [1.165, 1.54) is 0 Å². The number of hydrogen-bond donors (Lipinski definition) is 1. The number of H-pyrrole nitrogens is 1. The number of nitrogens with zero attached hydrogens (tertiary/aromatic N) is 2. The molecule has 0 saturated carbocycles. The van der Waals surface area contributed by atoms with Crippen LogP contribution in [0.3, 0.4) is 0 Å². The summed E-state index contributed by atoms with van der Waals surface area (Å²) in [6.07, 6.45) is 0. The predicted molar refractivity (Wildman–Crippen MR) is 88.8 cm³/mol. The molecule has 0 aliphatic rings. The zero-order valence-corrected chi connectivity index (χ0v) is 13.1. The molecule has 0 aliphatic heterocycles. The van der Waals surface area contributed by atoms with Crippen LogP contribution in [0.4, 0.5) is 0 Å². The van der Waals surface area contributed by atoms with E-state index in [0.29, 0.717) is 18.8 Å². The normalized spacial score (nSPS) is 10.6. The number of carbonyl (C=O) groups excluding carboxylic acids is 1. The lowest BCUT2D eigenvalue weighted by atomic mass is 10.2. The highest BCUT2D eigenvalue weighted by molar-refractivity contribution is 7.13. The number of amides is 1. The average Bonchev–Trinajstić information content (AvgIpc) is 3.23. The van der Waals surface area contributed by atoms with Gasteiger partial charge in [-0.25, -0.2) is 0 Å². The Morgan fingerprint density at radius 3 is 2.73 bits per heavy atom. The van der Waals surface area contributed by atoms with Gasteiger partial charge in [-0.3, -0.25) is 9.89 Å². The molecule has 0 saturated heterocycles. The highest BCUT2D eigenvalue weighted by Gasteiger charge is 2.18. The third kappa shape index (κ3) is 3.09. The molecule has 2 aromatic heterocycles. The van der Waals surface area contributed by atoms with Gasteiger partial charge in [-0.1, -0.05) is 36.4 Å². The molecule has 112 valence electrons. The molecule has 0 atom stereocenters. The molecule has 4 nitrogen and oxygen atoms in total. The molecular formula is C17H17N3OS. The quantitative estimate of drug-likeness (QED) is 0.779. The van der Waals surface area contributed by atoms with Crippen molar-refractivity contribution in [2.24, 2.45) is 0 Å². The van der Waals surface area contributed by atoms with Crippen molar-refractivity contribution in [1.82, 2.24) is 15.1 Å². The Bertz CT molecular complexity index is 734. The van der Waals surface area contributed by atoms with Crippen molar-refractivity contribution in [1.29, 1.82) is 0 Å². The van der Waals surface area contributed by atoms with E-state index in [-0.39, 0.29) is 5.91 Å². The van der Waals surface area contributed by atoms with Gasteiger partial charge in [0.05, 0.1) is 10.6 Å². The Morgan fingerprint density at radius 1 is 1.23 bits per heavy atom. The largest absolute Gasteiger partial charge is 0.333 e. The maximum atomic E-state index is 12.6. The van der Waals surface area contributed by atoms with Gasteiger partial charge in [-0.05, 0) is 30.0 Å². The Labute approximate surface area is 133 Å². The van der Waals surface area contributed by atoms with Gasteiger partial charge in [0.2, 0.25) is 0 Å². The van der Waals surface area contributed by atoms with Gasteiger partial charge < -0.3 is 4.90 Å². The fourth-order valence-corrected chi connectivity index (χ4v) is 2.97. The lowest BCUT2D eigenvalue weighted by Gasteiger charge is -2.19. The first-order valence-corrected chi connectivity index (χ1v) is 8.08. The fraction of sp³-hybridized carbons (Fsp3) is 0.176. The number of carbonyl (C=O) groups is 1. The van der Waals surface area contributed by atoms with E-state index >= 15 is 0 Å². The van der Waals surface area contributed by atoms with Gasteiger partial charge in [0.25, 0.3) is 5.91 Å². The molecule has 0 fully saturated rings. The summed E-state index contributed by atoms with van der Waals surface area (Å²) in [6, 6.07) is 15.8. The van der Waals surface area contributed by atoms with Crippen LogP contribution in [0.5, 0.6) is 0 Å². The molecule has 0 bridgehead atoms. The van der Waals surface area contributed by atoms with Crippen molar-refractivity contribution in [3.8, 4) is 10.6 Å². The molecule has 0 aliphatic carbocycles. The van der Waals surface area contributed by atoms with Crippen molar-refractivity contribution < 1.29 is 4.79 Å². The third-order valence-corrected chi connectivity index (χ3v) is 4.37. The van der Waals surface area contributed by atoms with Crippen molar-refractivity contribution in [2.45, 2.75) is 13.5 Å². The Balaban J connectivity index is 1.77. The molecule has 22 heavy (non-hydrogen) atoms. The van der Waals surface area contributed by atoms with E-state index < -0.39 is 0 Å². The summed E-state index contributed by atoms with van der Waals surface area (Å²) in [5.41, 5.74) is 2.46. The van der Waals surface area contributed by atoms with E-state index in [9.17, 15) is 4.79 Å². The van der Waals surface area contributed by atoms with Gasteiger partial charge in [0.1, 0.15) is 0 Å². The minimum atomic E-state index is -0.0505. The molecule has 1 amide bonds. The van der Waals surface area contributed by atoms with Gasteiger partial charge in [-0.2, -0.15) is 5.10 Å². The number of nitrogens with one attached hydrogen (secondary N) is 1. The van der Waals surface area contributed by atoms with E-state index in [1.807, 2.05) is 60.8 Å². The first-order chi connectivity index (χ1) is 10.8. The van der Waals surface area contributed by atoms with Crippen LogP contribution < -0.4 is 0 Å². The van der Waals surface area contributed by atoms with E-state index in [4.69, 9.17) is 0 Å². The highest BCUT2D eigenvalue weighted by atomic mass is 32.1. The van der Waals surface area contributed by atoms with Gasteiger partial charge in [0.15, 0.2) is 5.69 Å². The summed E-state index contributed by atoms with van der Waals surface area (Å²) in [6.45, 7) is 3.22. The zero-order valence-electron chi connectivity index (χ0n) is 12.3. The van der Waals surface area contributed by atoms with Gasteiger partial charge in [0, 0.05) is 13.1 Å². The van der Waals surface area contributed by atoms with Crippen molar-refractivity contribution in [2.75, 3.05) is 6.54 Å². The fourth-order valence-electron chi connectivity index (χ4n) is 2.28. The smallest absolute Gasteiger partial charge is 0.274 e. The minimum Gasteiger partial charge on any atom is -0.333 e. The number of rotatable bonds is 5. The van der Waals surface area contributed by atoms with Crippen LogP contribution in [0.25, 0.3) is 10.6 Å². The zero-order chi connectivity index (χ0) is 15.4. The number of thiophene rings is 1. The summed E-state index contributed by atoms with van der Waals surface area (Å²) in [5.74, 6) is -0.0505. The molecule has 1 aromatic carbocycles. The molecule has 5 heteroatoms. The maximum Gasteiger partial charge on any atom is 0.274 e. The second-order valence-corrected chi connectivity index (χ2v) is 5.90. The topological polar surface area (TPSA) is 49.0 Å². The van der Waals surface area contributed by atoms with Crippen LogP contribution in [-0.4, -0.2) is 27.5 Å². The van der Waals surface area contributed by atoms with Crippen LogP contribution in [0.2, 0.25) is 0 Å². The van der Waals surface area contributed by atoms with Crippen molar-refractivity contribution in [3.63, 3.8) is 0 Å².